The van der Waals surface area contributed by atoms with Gasteiger partial charge in [0.15, 0.2) is 0 Å². The second kappa shape index (κ2) is 8.48. The van der Waals surface area contributed by atoms with Crippen molar-refractivity contribution in [2.24, 2.45) is 5.73 Å². The molecule has 2 unspecified atom stereocenters. The van der Waals surface area contributed by atoms with E-state index in [1.165, 1.54) is 0 Å². The van der Waals surface area contributed by atoms with E-state index >= 15 is 0 Å². The monoisotopic (exact) mass is 243 g/mol. The lowest BCUT2D eigenvalue weighted by molar-refractivity contribution is -0.126. The molecule has 0 saturated carbocycles. The largest absolute Gasteiger partial charge is 0.352 e. The number of hydrogen-bond donors (Lipinski definition) is 2. The Morgan fingerprint density at radius 1 is 1.29 bits per heavy atom. The molecule has 1 amide bonds. The first kappa shape index (κ1) is 16.4. The highest BCUT2D eigenvalue weighted by Crippen LogP contribution is 2.02. The highest BCUT2D eigenvalue weighted by molar-refractivity contribution is 5.81. The lowest BCUT2D eigenvalue weighted by Gasteiger charge is -2.26. The summed E-state index contributed by atoms with van der Waals surface area (Å²) in [6.45, 7) is 8.98. The van der Waals surface area contributed by atoms with Crippen molar-refractivity contribution in [3.05, 3.63) is 0 Å². The molecule has 0 fully saturated rings. The Labute approximate surface area is 106 Å². The molecule has 2 atom stereocenters. The summed E-state index contributed by atoms with van der Waals surface area (Å²) in [5, 5.41) is 3.07. The number of carbonyl (C=O) groups is 1. The van der Waals surface area contributed by atoms with Crippen molar-refractivity contribution in [2.45, 2.75) is 65.1 Å². The molecule has 102 valence electrons. The van der Waals surface area contributed by atoms with Crippen LogP contribution in [-0.4, -0.2) is 42.5 Å². The molecule has 0 aromatic rings. The average molecular weight is 243 g/mol. The molecule has 0 aliphatic heterocycles. The third kappa shape index (κ3) is 6.64. The van der Waals surface area contributed by atoms with Crippen LogP contribution in [-0.2, 0) is 4.79 Å². The minimum Gasteiger partial charge on any atom is -0.352 e. The Bertz CT molecular complexity index is 215. The standard InChI is InChI=1S/C13H29N3O/c1-6-12(7-2)15-13(17)11(4)16(5)9-8-10(3)14/h10-12H,6-9,14H2,1-5H3,(H,15,17). The quantitative estimate of drug-likeness (QED) is 0.676. The van der Waals surface area contributed by atoms with Crippen LogP contribution in [0.3, 0.4) is 0 Å². The summed E-state index contributed by atoms with van der Waals surface area (Å²) >= 11 is 0. The molecule has 0 radical (unpaired) electrons. The van der Waals surface area contributed by atoms with Gasteiger partial charge in [-0.05, 0) is 40.2 Å². The maximum Gasteiger partial charge on any atom is 0.237 e. The summed E-state index contributed by atoms with van der Waals surface area (Å²) in [7, 11) is 1.97. The van der Waals surface area contributed by atoms with Crippen LogP contribution < -0.4 is 11.1 Å². The van der Waals surface area contributed by atoms with Gasteiger partial charge in [0.1, 0.15) is 0 Å². The highest BCUT2D eigenvalue weighted by atomic mass is 16.2. The highest BCUT2D eigenvalue weighted by Gasteiger charge is 2.19. The summed E-state index contributed by atoms with van der Waals surface area (Å²) in [5.41, 5.74) is 5.71. The number of likely N-dealkylation sites (N-methyl/N-ethyl adjacent to an activating group) is 1. The summed E-state index contributed by atoms with van der Waals surface area (Å²) in [6.07, 6.45) is 2.89. The second-order valence-corrected chi connectivity index (χ2v) is 4.94. The van der Waals surface area contributed by atoms with E-state index in [0.29, 0.717) is 6.04 Å². The van der Waals surface area contributed by atoms with Gasteiger partial charge in [-0.1, -0.05) is 13.8 Å². The van der Waals surface area contributed by atoms with Gasteiger partial charge in [0.25, 0.3) is 0 Å². The predicted octanol–water partition coefficient (Wildman–Crippen LogP) is 1.35. The van der Waals surface area contributed by atoms with Crippen LogP contribution in [0.4, 0.5) is 0 Å². The van der Waals surface area contributed by atoms with Crippen LogP contribution >= 0.6 is 0 Å². The van der Waals surface area contributed by atoms with Crippen molar-refractivity contribution in [1.29, 1.82) is 0 Å². The Balaban J connectivity index is 4.10. The van der Waals surface area contributed by atoms with Crippen LogP contribution in [0.2, 0.25) is 0 Å². The molecule has 0 heterocycles. The fraction of sp³-hybridized carbons (Fsp3) is 0.923. The number of rotatable bonds is 8. The van der Waals surface area contributed by atoms with Crippen LogP contribution in [0.25, 0.3) is 0 Å². The first-order valence-electron chi connectivity index (χ1n) is 6.68. The lowest BCUT2D eigenvalue weighted by atomic mass is 10.1. The Morgan fingerprint density at radius 2 is 1.82 bits per heavy atom. The van der Waals surface area contributed by atoms with E-state index in [2.05, 4.69) is 24.1 Å². The second-order valence-electron chi connectivity index (χ2n) is 4.94. The van der Waals surface area contributed by atoms with Crippen molar-refractivity contribution in [3.63, 3.8) is 0 Å². The van der Waals surface area contributed by atoms with E-state index in [0.717, 1.165) is 25.8 Å². The number of amides is 1. The molecule has 4 heteroatoms. The molecule has 0 bridgehead atoms. The molecular formula is C13H29N3O. The van der Waals surface area contributed by atoms with Crippen molar-refractivity contribution in [3.8, 4) is 0 Å². The maximum absolute atomic E-state index is 12.0. The van der Waals surface area contributed by atoms with Crippen LogP contribution in [0.1, 0.15) is 47.0 Å². The molecule has 0 aliphatic carbocycles. The normalized spacial score (nSPS) is 15.1. The number of nitrogens with one attached hydrogen (secondary N) is 1. The van der Waals surface area contributed by atoms with E-state index in [4.69, 9.17) is 5.73 Å². The van der Waals surface area contributed by atoms with Gasteiger partial charge >= 0.3 is 0 Å². The van der Waals surface area contributed by atoms with Crippen molar-refractivity contribution < 1.29 is 4.79 Å². The van der Waals surface area contributed by atoms with Crippen molar-refractivity contribution in [2.75, 3.05) is 13.6 Å². The summed E-state index contributed by atoms with van der Waals surface area (Å²) in [4.78, 5) is 14.0. The minimum absolute atomic E-state index is 0.0886. The zero-order chi connectivity index (χ0) is 13.4. The molecule has 0 aromatic heterocycles. The number of nitrogens with zero attached hydrogens (tertiary/aromatic N) is 1. The first-order valence-corrected chi connectivity index (χ1v) is 6.68. The summed E-state index contributed by atoms with van der Waals surface area (Å²) < 4.78 is 0. The zero-order valence-corrected chi connectivity index (χ0v) is 12.0. The van der Waals surface area contributed by atoms with E-state index in [1.807, 2.05) is 20.9 Å². The van der Waals surface area contributed by atoms with Gasteiger partial charge in [-0.2, -0.15) is 0 Å². The van der Waals surface area contributed by atoms with Crippen molar-refractivity contribution >= 4 is 5.91 Å². The van der Waals surface area contributed by atoms with Gasteiger partial charge in [0, 0.05) is 18.6 Å². The molecule has 17 heavy (non-hydrogen) atoms. The summed E-state index contributed by atoms with van der Waals surface area (Å²) in [5.74, 6) is 0.117. The molecule has 0 rings (SSSR count). The van der Waals surface area contributed by atoms with Gasteiger partial charge in [-0.3, -0.25) is 9.69 Å². The minimum atomic E-state index is -0.0886. The molecule has 0 aliphatic rings. The SMILES string of the molecule is CCC(CC)NC(=O)C(C)N(C)CCC(C)N. The molecule has 4 nitrogen and oxygen atoms in total. The topological polar surface area (TPSA) is 58.4 Å². The van der Waals surface area contributed by atoms with Gasteiger partial charge in [-0.15, -0.1) is 0 Å². The van der Waals surface area contributed by atoms with Gasteiger partial charge in [0.2, 0.25) is 5.91 Å². The molecule has 0 saturated heterocycles. The lowest BCUT2D eigenvalue weighted by Crippen LogP contribution is -2.47. The number of carbonyl (C=O) groups excluding carboxylic acids is 1. The summed E-state index contributed by atoms with van der Waals surface area (Å²) in [6, 6.07) is 0.396. The maximum atomic E-state index is 12.0. The Hall–Kier alpha value is -0.610. The van der Waals surface area contributed by atoms with Gasteiger partial charge in [0.05, 0.1) is 6.04 Å². The Morgan fingerprint density at radius 3 is 2.24 bits per heavy atom. The molecule has 3 N–H and O–H groups in total. The number of hydrogen-bond acceptors (Lipinski definition) is 3. The first-order chi connectivity index (χ1) is 7.92. The third-order valence-electron chi connectivity index (χ3n) is 3.31. The molecule has 0 spiro atoms. The van der Waals surface area contributed by atoms with E-state index in [1.54, 1.807) is 0 Å². The van der Waals surface area contributed by atoms with E-state index in [-0.39, 0.29) is 18.0 Å². The van der Waals surface area contributed by atoms with Crippen LogP contribution in [0, 0.1) is 0 Å². The molecule has 0 aromatic carbocycles. The van der Waals surface area contributed by atoms with E-state index in [9.17, 15) is 4.79 Å². The fourth-order valence-electron chi connectivity index (χ4n) is 1.62. The number of nitrogens with two attached hydrogens (primary N) is 1. The smallest absolute Gasteiger partial charge is 0.237 e. The predicted molar refractivity (Wildman–Crippen MR) is 72.9 cm³/mol. The van der Waals surface area contributed by atoms with Crippen molar-refractivity contribution in [1.82, 2.24) is 10.2 Å². The fourth-order valence-corrected chi connectivity index (χ4v) is 1.62. The van der Waals surface area contributed by atoms with Crippen LogP contribution in [0.15, 0.2) is 0 Å². The van der Waals surface area contributed by atoms with Gasteiger partial charge in [-0.25, -0.2) is 0 Å². The zero-order valence-electron chi connectivity index (χ0n) is 12.0. The third-order valence-corrected chi connectivity index (χ3v) is 3.31. The van der Waals surface area contributed by atoms with E-state index < -0.39 is 0 Å². The average Bonchev–Trinajstić information content (AvgIpc) is 2.31. The molecular weight excluding hydrogens is 214 g/mol. The van der Waals surface area contributed by atoms with Crippen LogP contribution in [0.5, 0.6) is 0 Å². The van der Waals surface area contributed by atoms with Gasteiger partial charge < -0.3 is 11.1 Å². The Kier molecular flexibility index (Phi) is 8.17.